The zero-order valence-corrected chi connectivity index (χ0v) is 11.0. The van der Waals surface area contributed by atoms with E-state index in [0.29, 0.717) is 0 Å². The summed E-state index contributed by atoms with van der Waals surface area (Å²) in [7, 11) is 0. The molecule has 0 aliphatic carbocycles. The molecule has 0 aromatic carbocycles. The largest absolute Gasteiger partial charge is 0.384 e. The fraction of sp³-hybridized carbons (Fsp3) is 0.583. The average Bonchev–Trinajstić information content (AvgIpc) is 2.56. The maximum atomic E-state index is 6.10. The second-order valence-corrected chi connectivity index (χ2v) is 4.74. The highest BCUT2D eigenvalue weighted by Crippen LogP contribution is 2.17. The summed E-state index contributed by atoms with van der Waals surface area (Å²) in [4.78, 5) is 4.63. The van der Waals surface area contributed by atoms with E-state index in [-0.39, 0.29) is 0 Å². The van der Waals surface area contributed by atoms with Crippen molar-refractivity contribution in [2.24, 2.45) is 0 Å². The summed E-state index contributed by atoms with van der Waals surface area (Å²) < 4.78 is 2.08. The molecule has 0 amide bonds. The third-order valence-corrected chi connectivity index (χ3v) is 3.10. The predicted molar refractivity (Wildman–Crippen MR) is 72.9 cm³/mol. The van der Waals surface area contributed by atoms with Crippen LogP contribution < -0.4 is 5.73 Å². The molecule has 1 heterocycles. The Balaban J connectivity index is 2.93. The van der Waals surface area contributed by atoms with E-state index in [2.05, 4.69) is 29.3 Å². The van der Waals surface area contributed by atoms with Gasteiger partial charge in [-0.1, -0.05) is 13.0 Å². The van der Waals surface area contributed by atoms with Crippen LogP contribution in [0.1, 0.15) is 24.9 Å². The molecule has 1 aromatic heterocycles. The number of imidazole rings is 1. The van der Waals surface area contributed by atoms with Crippen LogP contribution in [0.5, 0.6) is 0 Å². The summed E-state index contributed by atoms with van der Waals surface area (Å²) >= 11 is 1.82. The van der Waals surface area contributed by atoms with Crippen LogP contribution >= 0.6 is 11.8 Å². The van der Waals surface area contributed by atoms with Crippen LogP contribution in [0, 0.1) is 0 Å². The Labute approximate surface area is 102 Å². The van der Waals surface area contributed by atoms with Gasteiger partial charge in [-0.3, -0.25) is 0 Å². The quantitative estimate of drug-likeness (QED) is 0.744. The SMILES string of the molecule is C=CCn1c(CCC)nc(CCSC)c1N. The lowest BCUT2D eigenvalue weighted by Crippen LogP contribution is -2.06. The van der Waals surface area contributed by atoms with E-state index in [1.54, 1.807) is 0 Å². The van der Waals surface area contributed by atoms with Crippen molar-refractivity contribution in [3.05, 3.63) is 24.2 Å². The molecule has 2 N–H and O–H groups in total. The third-order valence-electron chi connectivity index (χ3n) is 2.49. The van der Waals surface area contributed by atoms with Gasteiger partial charge in [-0.05, 0) is 18.4 Å². The number of anilines is 1. The maximum absolute atomic E-state index is 6.10. The van der Waals surface area contributed by atoms with E-state index in [1.165, 1.54) is 0 Å². The number of nitrogen functional groups attached to an aromatic ring is 1. The van der Waals surface area contributed by atoms with Crippen molar-refractivity contribution >= 4 is 17.6 Å². The van der Waals surface area contributed by atoms with Crippen molar-refractivity contribution in [1.82, 2.24) is 9.55 Å². The van der Waals surface area contributed by atoms with Crippen LogP contribution in [-0.2, 0) is 19.4 Å². The zero-order valence-electron chi connectivity index (χ0n) is 10.2. The summed E-state index contributed by atoms with van der Waals surface area (Å²) in [6, 6.07) is 0. The Kier molecular flexibility index (Phi) is 5.46. The van der Waals surface area contributed by atoms with Crippen LogP contribution in [0.2, 0.25) is 0 Å². The van der Waals surface area contributed by atoms with Crippen molar-refractivity contribution in [1.29, 1.82) is 0 Å². The van der Waals surface area contributed by atoms with Crippen molar-refractivity contribution in [2.75, 3.05) is 17.7 Å². The van der Waals surface area contributed by atoms with Crippen LogP contribution in [0.3, 0.4) is 0 Å². The normalized spacial score (nSPS) is 10.6. The maximum Gasteiger partial charge on any atom is 0.127 e. The summed E-state index contributed by atoms with van der Waals surface area (Å²) in [5.41, 5.74) is 7.15. The highest BCUT2D eigenvalue weighted by atomic mass is 32.2. The molecular formula is C12H21N3S. The van der Waals surface area contributed by atoms with Crippen molar-refractivity contribution in [3.63, 3.8) is 0 Å². The molecule has 1 aromatic rings. The molecule has 0 spiro atoms. The molecule has 0 atom stereocenters. The molecule has 1 rings (SSSR count). The Morgan fingerprint density at radius 2 is 2.25 bits per heavy atom. The molecule has 0 bridgehead atoms. The highest BCUT2D eigenvalue weighted by molar-refractivity contribution is 7.98. The molecule has 4 heteroatoms. The van der Waals surface area contributed by atoms with Crippen molar-refractivity contribution in [3.8, 4) is 0 Å². The number of thioether (sulfide) groups is 1. The van der Waals surface area contributed by atoms with Gasteiger partial charge in [0, 0.05) is 19.4 Å². The number of aryl methyl sites for hydroxylation is 2. The second kappa shape index (κ2) is 6.63. The minimum Gasteiger partial charge on any atom is -0.384 e. The van der Waals surface area contributed by atoms with Crippen LogP contribution in [0.4, 0.5) is 5.82 Å². The number of hydrogen-bond donors (Lipinski definition) is 1. The minimum absolute atomic E-state index is 0.757. The number of allylic oxidation sites excluding steroid dienone is 1. The topological polar surface area (TPSA) is 43.8 Å². The van der Waals surface area contributed by atoms with E-state index in [0.717, 1.165) is 48.9 Å². The summed E-state index contributed by atoms with van der Waals surface area (Å²) in [5, 5.41) is 0. The molecule has 3 nitrogen and oxygen atoms in total. The Morgan fingerprint density at radius 3 is 2.81 bits per heavy atom. The predicted octanol–water partition coefficient (Wildman–Crippen LogP) is 2.51. The highest BCUT2D eigenvalue weighted by Gasteiger charge is 2.12. The van der Waals surface area contributed by atoms with E-state index < -0.39 is 0 Å². The van der Waals surface area contributed by atoms with E-state index in [4.69, 9.17) is 5.73 Å². The first-order valence-corrected chi connectivity index (χ1v) is 7.07. The molecule has 0 aliphatic heterocycles. The molecule has 16 heavy (non-hydrogen) atoms. The molecule has 0 saturated carbocycles. The monoisotopic (exact) mass is 239 g/mol. The molecule has 0 unspecified atom stereocenters. The van der Waals surface area contributed by atoms with Gasteiger partial charge in [0.25, 0.3) is 0 Å². The smallest absolute Gasteiger partial charge is 0.127 e. The lowest BCUT2D eigenvalue weighted by atomic mass is 10.3. The van der Waals surface area contributed by atoms with E-state index in [9.17, 15) is 0 Å². The first kappa shape index (κ1) is 13.2. The minimum atomic E-state index is 0.757. The fourth-order valence-electron chi connectivity index (χ4n) is 1.70. The number of hydrogen-bond acceptors (Lipinski definition) is 3. The van der Waals surface area contributed by atoms with Gasteiger partial charge in [0.15, 0.2) is 0 Å². The fourth-order valence-corrected chi connectivity index (χ4v) is 2.10. The van der Waals surface area contributed by atoms with Crippen molar-refractivity contribution < 1.29 is 0 Å². The standard InChI is InChI=1S/C12H21N3S/c1-4-6-11-14-10(7-9-16-3)12(13)15(11)8-5-2/h5H,2,4,6-9,13H2,1,3H3. The third kappa shape index (κ3) is 3.04. The van der Waals surface area contributed by atoms with Crippen LogP contribution in [0.25, 0.3) is 0 Å². The van der Waals surface area contributed by atoms with Gasteiger partial charge < -0.3 is 10.3 Å². The summed E-state index contributed by atoms with van der Waals surface area (Å²) in [6.45, 7) is 6.68. The van der Waals surface area contributed by atoms with Gasteiger partial charge in [-0.15, -0.1) is 6.58 Å². The molecule has 0 fully saturated rings. The van der Waals surface area contributed by atoms with Crippen LogP contribution in [0.15, 0.2) is 12.7 Å². The summed E-state index contributed by atoms with van der Waals surface area (Å²) in [5.74, 6) is 2.98. The molecule has 0 saturated heterocycles. The van der Waals surface area contributed by atoms with Gasteiger partial charge in [0.1, 0.15) is 11.6 Å². The second-order valence-electron chi connectivity index (χ2n) is 3.75. The first-order chi connectivity index (χ1) is 7.74. The van der Waals surface area contributed by atoms with E-state index >= 15 is 0 Å². The molecule has 90 valence electrons. The molecule has 0 aliphatic rings. The lowest BCUT2D eigenvalue weighted by molar-refractivity contribution is 0.723. The number of nitrogens with zero attached hydrogens (tertiary/aromatic N) is 2. The number of nitrogens with two attached hydrogens (primary N) is 1. The number of rotatable bonds is 7. The van der Waals surface area contributed by atoms with Gasteiger partial charge >= 0.3 is 0 Å². The van der Waals surface area contributed by atoms with Crippen LogP contribution in [-0.4, -0.2) is 21.6 Å². The zero-order chi connectivity index (χ0) is 12.0. The number of aromatic nitrogens is 2. The first-order valence-electron chi connectivity index (χ1n) is 5.68. The van der Waals surface area contributed by atoms with Gasteiger partial charge in [0.05, 0.1) is 5.69 Å². The van der Waals surface area contributed by atoms with Crippen molar-refractivity contribution in [2.45, 2.75) is 32.7 Å². The van der Waals surface area contributed by atoms with E-state index in [1.807, 2.05) is 17.8 Å². The Hall–Kier alpha value is -0.900. The lowest BCUT2D eigenvalue weighted by Gasteiger charge is -2.05. The van der Waals surface area contributed by atoms with Gasteiger partial charge in [-0.2, -0.15) is 11.8 Å². The average molecular weight is 239 g/mol. The molecule has 0 radical (unpaired) electrons. The van der Waals surface area contributed by atoms with Gasteiger partial charge in [0.2, 0.25) is 0 Å². The Bertz CT molecular complexity index is 344. The Morgan fingerprint density at radius 1 is 1.50 bits per heavy atom. The van der Waals surface area contributed by atoms with Gasteiger partial charge in [-0.25, -0.2) is 4.98 Å². The molecular weight excluding hydrogens is 218 g/mol. The summed E-state index contributed by atoms with van der Waals surface area (Å²) in [6.07, 6.45) is 7.00.